The van der Waals surface area contributed by atoms with Gasteiger partial charge < -0.3 is 25.8 Å². The molecule has 0 saturated heterocycles. The first-order valence-electron chi connectivity index (χ1n) is 9.53. The van der Waals surface area contributed by atoms with Crippen LogP contribution in [0.2, 0.25) is 0 Å². The second kappa shape index (κ2) is 7.92. The van der Waals surface area contributed by atoms with Gasteiger partial charge in [-0.1, -0.05) is 6.08 Å². The van der Waals surface area contributed by atoms with Gasteiger partial charge in [0.25, 0.3) is 0 Å². The number of nitrogens with zero attached hydrogens (tertiary/aromatic N) is 2. The van der Waals surface area contributed by atoms with Gasteiger partial charge in [0.1, 0.15) is 5.82 Å². The molecule has 2 aliphatic heterocycles. The third-order valence-corrected chi connectivity index (χ3v) is 5.04. The molecule has 4 heterocycles. The van der Waals surface area contributed by atoms with Crippen LogP contribution in [0.15, 0.2) is 12.1 Å². The van der Waals surface area contributed by atoms with Crippen molar-refractivity contribution in [2.45, 2.75) is 25.9 Å². The number of nitrogens with one attached hydrogen (secondary N) is 3. The molecule has 29 heavy (non-hydrogen) atoms. The van der Waals surface area contributed by atoms with Gasteiger partial charge in [0, 0.05) is 39.0 Å². The maximum atomic E-state index is 15.6. The summed E-state index contributed by atoms with van der Waals surface area (Å²) >= 11 is 0. The summed E-state index contributed by atoms with van der Waals surface area (Å²) in [6.45, 7) is 2.92. The van der Waals surface area contributed by atoms with E-state index in [2.05, 4.69) is 25.9 Å². The number of rotatable bonds is 4. The molecule has 0 spiro atoms. The summed E-state index contributed by atoms with van der Waals surface area (Å²) in [5.74, 6) is -0.341. The highest BCUT2D eigenvalue weighted by molar-refractivity contribution is 5.76. The van der Waals surface area contributed by atoms with E-state index in [-0.39, 0.29) is 23.0 Å². The summed E-state index contributed by atoms with van der Waals surface area (Å²) in [7, 11) is 1.60. The van der Waals surface area contributed by atoms with Gasteiger partial charge in [0.15, 0.2) is 23.2 Å². The number of pyridine rings is 2. The summed E-state index contributed by atoms with van der Waals surface area (Å²) in [6.07, 6.45) is 2.11. The number of fused-ring (bicyclic) bond motifs is 1. The molecule has 0 radical (unpaired) electrons. The molecule has 2 aromatic rings. The van der Waals surface area contributed by atoms with Crippen LogP contribution in [-0.4, -0.2) is 47.9 Å². The zero-order valence-corrected chi connectivity index (χ0v) is 16.3. The fraction of sp³-hybridized carbons (Fsp3) is 0.400. The van der Waals surface area contributed by atoms with Gasteiger partial charge >= 0.3 is 0 Å². The quantitative estimate of drug-likeness (QED) is 0.624. The monoisotopic (exact) mass is 403 g/mol. The maximum absolute atomic E-state index is 15.6. The van der Waals surface area contributed by atoms with Crippen molar-refractivity contribution in [1.29, 1.82) is 0 Å². The first-order valence-corrected chi connectivity index (χ1v) is 9.53. The molecule has 0 fully saturated rings. The van der Waals surface area contributed by atoms with Crippen LogP contribution >= 0.6 is 0 Å². The summed E-state index contributed by atoms with van der Waals surface area (Å²) in [4.78, 5) is 8.53. The van der Waals surface area contributed by atoms with E-state index in [0.717, 1.165) is 0 Å². The number of aromatic nitrogens is 2. The van der Waals surface area contributed by atoms with Gasteiger partial charge in [-0.15, -0.1) is 0 Å². The largest absolute Gasteiger partial charge is 0.491 e. The molecule has 9 heteroatoms. The van der Waals surface area contributed by atoms with Crippen molar-refractivity contribution in [3.63, 3.8) is 0 Å². The predicted molar refractivity (Wildman–Crippen MR) is 107 cm³/mol. The number of halogens is 2. The lowest BCUT2D eigenvalue weighted by molar-refractivity contribution is 0.180. The van der Waals surface area contributed by atoms with E-state index in [1.54, 1.807) is 7.05 Å². The smallest absolute Gasteiger partial charge is 0.177 e. The van der Waals surface area contributed by atoms with Crippen LogP contribution in [-0.2, 0) is 6.42 Å². The molecule has 4 N–H and O–H groups in total. The highest BCUT2D eigenvalue weighted by Gasteiger charge is 2.29. The van der Waals surface area contributed by atoms with Gasteiger partial charge in [-0.2, -0.15) is 0 Å². The fourth-order valence-corrected chi connectivity index (χ4v) is 3.62. The van der Waals surface area contributed by atoms with Gasteiger partial charge in [-0.3, -0.25) is 0 Å². The van der Waals surface area contributed by atoms with Crippen molar-refractivity contribution in [2.75, 3.05) is 37.4 Å². The molecule has 0 aromatic carbocycles. The lowest BCUT2D eigenvalue weighted by atomic mass is 9.98. The molecule has 7 nitrogen and oxygen atoms in total. The summed E-state index contributed by atoms with van der Waals surface area (Å²) < 4.78 is 35.3. The Morgan fingerprint density at radius 2 is 2.10 bits per heavy atom. The Hall–Kier alpha value is -2.78. The third kappa shape index (κ3) is 3.75. The summed E-state index contributed by atoms with van der Waals surface area (Å²) in [5.41, 5.74) is 2.06. The number of ether oxygens (including phenoxy) is 1. The summed E-state index contributed by atoms with van der Waals surface area (Å²) in [6, 6.07) is 1.46. The zero-order chi connectivity index (χ0) is 20.5. The lowest BCUT2D eigenvalue weighted by Gasteiger charge is -2.17. The minimum absolute atomic E-state index is 0.00240. The molecule has 0 amide bonds. The molecule has 0 unspecified atom stereocenters. The van der Waals surface area contributed by atoms with Crippen molar-refractivity contribution in [2.24, 2.45) is 0 Å². The van der Waals surface area contributed by atoms with Gasteiger partial charge in [0.05, 0.1) is 35.3 Å². The molecule has 2 aliphatic rings. The molecular weight excluding hydrogens is 380 g/mol. The van der Waals surface area contributed by atoms with Crippen LogP contribution in [0.25, 0.3) is 5.57 Å². The van der Waals surface area contributed by atoms with Gasteiger partial charge in [-0.25, -0.2) is 18.7 Å². The van der Waals surface area contributed by atoms with Crippen molar-refractivity contribution >= 4 is 22.9 Å². The van der Waals surface area contributed by atoms with Gasteiger partial charge in [0.2, 0.25) is 0 Å². The summed E-state index contributed by atoms with van der Waals surface area (Å²) in [5, 5.41) is 18.9. The molecule has 4 rings (SSSR count). The molecule has 0 aliphatic carbocycles. The molecule has 0 saturated carbocycles. The SMILES string of the molecule is CNc1cc(Nc2nc3c(c(C4=CCNC[C@@H](O)C4)c2F)OCC3)nc(C)c1F. The average molecular weight is 403 g/mol. The molecule has 154 valence electrons. The molecule has 1 atom stereocenters. The number of hydrogen-bond donors (Lipinski definition) is 4. The highest BCUT2D eigenvalue weighted by Crippen LogP contribution is 2.40. The Balaban J connectivity index is 1.78. The van der Waals surface area contributed by atoms with E-state index in [0.29, 0.717) is 55.1 Å². The first kappa shape index (κ1) is 19.5. The first-order chi connectivity index (χ1) is 14.0. The van der Waals surface area contributed by atoms with Crippen molar-refractivity contribution in [1.82, 2.24) is 15.3 Å². The van der Waals surface area contributed by atoms with Crippen LogP contribution in [0.5, 0.6) is 5.75 Å². The average Bonchev–Trinajstić information content (AvgIpc) is 3.04. The highest BCUT2D eigenvalue weighted by atomic mass is 19.1. The van der Waals surface area contributed by atoms with E-state index in [4.69, 9.17) is 4.74 Å². The number of anilines is 3. The van der Waals surface area contributed by atoms with Crippen molar-refractivity contribution < 1.29 is 18.6 Å². The van der Waals surface area contributed by atoms with E-state index in [9.17, 15) is 9.50 Å². The standard InChI is InChI=1S/C20H23F2N5O2/c1-10-17(21)14(23-2)8-15(25-10)27-20-18(22)16(19-13(26-20)4-6-29-19)11-3-5-24-9-12(28)7-11/h3,8,12,24,28H,4-7,9H2,1-2H3,(H2,23,25,26,27)/t12-/m0/s1. The second-order valence-electron chi connectivity index (χ2n) is 7.10. The number of aliphatic hydroxyl groups excluding tert-OH is 1. The second-order valence-corrected chi connectivity index (χ2v) is 7.10. The van der Waals surface area contributed by atoms with Crippen molar-refractivity contribution in [3.05, 3.63) is 40.7 Å². The number of aliphatic hydroxyl groups is 1. The number of hydrogen-bond acceptors (Lipinski definition) is 7. The van der Waals surface area contributed by atoms with Gasteiger partial charge in [-0.05, 0) is 12.5 Å². The van der Waals surface area contributed by atoms with Crippen LogP contribution < -0.4 is 20.7 Å². The Morgan fingerprint density at radius 3 is 2.90 bits per heavy atom. The molecule has 2 aromatic heterocycles. The van der Waals surface area contributed by atoms with Crippen molar-refractivity contribution in [3.8, 4) is 5.75 Å². The number of β-amino-alcohol motifs (C(OH)–C–C–N with tert-alkyl or cyclic N) is 1. The maximum Gasteiger partial charge on any atom is 0.177 e. The Bertz CT molecular complexity index is 980. The normalized spacial score (nSPS) is 18.5. The Morgan fingerprint density at radius 1 is 1.28 bits per heavy atom. The topological polar surface area (TPSA) is 91.3 Å². The van der Waals surface area contributed by atoms with Crippen LogP contribution in [0.4, 0.5) is 26.1 Å². The van der Waals surface area contributed by atoms with Crippen LogP contribution in [0, 0.1) is 18.6 Å². The molecule has 0 bridgehead atoms. The third-order valence-electron chi connectivity index (χ3n) is 5.04. The van der Waals surface area contributed by atoms with E-state index in [1.807, 2.05) is 6.08 Å². The van der Waals surface area contributed by atoms with E-state index >= 15 is 4.39 Å². The minimum atomic E-state index is -0.621. The van der Waals surface area contributed by atoms with Crippen LogP contribution in [0.3, 0.4) is 0 Å². The minimum Gasteiger partial charge on any atom is -0.491 e. The zero-order valence-electron chi connectivity index (χ0n) is 16.3. The number of aryl methyl sites for hydroxylation is 1. The fourth-order valence-electron chi connectivity index (χ4n) is 3.62. The lowest BCUT2D eigenvalue weighted by Crippen LogP contribution is -2.24. The van der Waals surface area contributed by atoms with Crippen LogP contribution in [0.1, 0.15) is 23.4 Å². The van der Waals surface area contributed by atoms with E-state index < -0.39 is 17.7 Å². The Labute approximate surface area is 167 Å². The van der Waals surface area contributed by atoms with E-state index in [1.165, 1.54) is 13.0 Å². The Kier molecular flexibility index (Phi) is 5.33. The predicted octanol–water partition coefficient (Wildman–Crippen LogP) is 2.52. The molecular formula is C20H23F2N5O2.